The number of hydrogen-bond donors (Lipinski definition) is 2. The number of pyridine rings is 1. The van der Waals surface area contributed by atoms with Crippen molar-refractivity contribution in [3.8, 4) is 11.8 Å². The Labute approximate surface area is 207 Å². The number of fused-ring (bicyclic) bond motifs is 2. The molecule has 10 nitrogen and oxygen atoms in total. The molecule has 1 aliphatic heterocycles. The van der Waals surface area contributed by atoms with Gasteiger partial charge in [0.15, 0.2) is 5.65 Å². The molecule has 180 valence electrons. The molecule has 0 spiro atoms. The summed E-state index contributed by atoms with van der Waals surface area (Å²) in [5.74, 6) is 1.36. The SMILES string of the molecule is Cc1cc(Nc2ncnc3ccc(NC4=NC(C)(C)CO4)cc23)ccc1Oc1nc2ccccn2n1. The Balaban J connectivity index is 1.23. The largest absolute Gasteiger partial charge is 0.462 e. The van der Waals surface area contributed by atoms with E-state index in [4.69, 9.17) is 9.47 Å². The highest BCUT2D eigenvalue weighted by Gasteiger charge is 2.26. The first-order valence-electron chi connectivity index (χ1n) is 11.5. The smallest absolute Gasteiger partial charge is 0.341 e. The third-order valence-electron chi connectivity index (χ3n) is 5.71. The fourth-order valence-corrected chi connectivity index (χ4v) is 3.94. The summed E-state index contributed by atoms with van der Waals surface area (Å²) in [6.45, 7) is 6.58. The van der Waals surface area contributed by atoms with Crippen LogP contribution in [-0.4, -0.2) is 42.7 Å². The Morgan fingerprint density at radius 2 is 1.86 bits per heavy atom. The summed E-state index contributed by atoms with van der Waals surface area (Å²) in [4.78, 5) is 17.8. The van der Waals surface area contributed by atoms with Crippen molar-refractivity contribution in [1.82, 2.24) is 24.6 Å². The van der Waals surface area contributed by atoms with Gasteiger partial charge in [-0.05, 0) is 74.9 Å². The summed E-state index contributed by atoms with van der Waals surface area (Å²) in [5.41, 5.74) is 3.96. The van der Waals surface area contributed by atoms with E-state index in [1.807, 2.05) is 81.6 Å². The fraction of sp³-hybridized carbons (Fsp3) is 0.192. The maximum absolute atomic E-state index is 5.94. The van der Waals surface area contributed by atoms with E-state index in [9.17, 15) is 0 Å². The molecule has 0 amide bonds. The van der Waals surface area contributed by atoms with Gasteiger partial charge in [-0.1, -0.05) is 6.07 Å². The summed E-state index contributed by atoms with van der Waals surface area (Å²) >= 11 is 0. The van der Waals surface area contributed by atoms with Gasteiger partial charge in [0.1, 0.15) is 24.5 Å². The van der Waals surface area contributed by atoms with Gasteiger partial charge in [-0.25, -0.2) is 19.5 Å². The molecule has 4 heterocycles. The van der Waals surface area contributed by atoms with Gasteiger partial charge in [-0.2, -0.15) is 4.98 Å². The van der Waals surface area contributed by atoms with Crippen molar-refractivity contribution in [2.45, 2.75) is 26.3 Å². The molecule has 2 aromatic carbocycles. The van der Waals surface area contributed by atoms with Crippen LogP contribution in [0.3, 0.4) is 0 Å². The first-order chi connectivity index (χ1) is 17.4. The van der Waals surface area contributed by atoms with Crippen LogP contribution in [0.5, 0.6) is 11.8 Å². The van der Waals surface area contributed by atoms with Crippen molar-refractivity contribution in [3.63, 3.8) is 0 Å². The third kappa shape index (κ3) is 4.36. The van der Waals surface area contributed by atoms with Crippen molar-refractivity contribution in [2.24, 2.45) is 4.99 Å². The standard InChI is InChI=1S/C26H24N8O2/c1-16-12-17(8-10-21(16)36-25-31-22-6-4-5-11-34(22)33-25)29-23-19-13-18(7-9-20(19)27-15-28-23)30-24-32-26(2,3)14-35-24/h4-13,15H,14H2,1-3H3,(H,30,32)(H,27,28,29). The lowest BCUT2D eigenvalue weighted by Crippen LogP contribution is -2.17. The molecule has 0 aliphatic carbocycles. The second kappa shape index (κ2) is 8.49. The molecule has 10 heteroatoms. The van der Waals surface area contributed by atoms with E-state index in [0.717, 1.165) is 33.5 Å². The van der Waals surface area contributed by atoms with Gasteiger partial charge >= 0.3 is 6.01 Å². The monoisotopic (exact) mass is 480 g/mol. The van der Waals surface area contributed by atoms with Crippen molar-refractivity contribution in [3.05, 3.63) is 72.7 Å². The number of nitrogens with one attached hydrogen (secondary N) is 2. The number of rotatable bonds is 5. The lowest BCUT2D eigenvalue weighted by Gasteiger charge is -2.12. The Kier molecular flexibility index (Phi) is 5.14. The molecule has 0 saturated carbocycles. The average molecular weight is 481 g/mol. The van der Waals surface area contributed by atoms with Crippen molar-refractivity contribution in [1.29, 1.82) is 0 Å². The minimum Gasteiger partial charge on any atom is -0.462 e. The summed E-state index contributed by atoms with van der Waals surface area (Å²) in [6.07, 6.45) is 3.38. The Morgan fingerprint density at radius 1 is 1.00 bits per heavy atom. The molecule has 0 unspecified atom stereocenters. The predicted octanol–water partition coefficient (Wildman–Crippen LogP) is 5.09. The highest BCUT2D eigenvalue weighted by atomic mass is 16.5. The van der Waals surface area contributed by atoms with E-state index in [0.29, 0.717) is 30.2 Å². The fourth-order valence-electron chi connectivity index (χ4n) is 3.94. The normalized spacial score (nSPS) is 14.5. The first-order valence-corrected chi connectivity index (χ1v) is 11.5. The van der Waals surface area contributed by atoms with Crippen LogP contribution < -0.4 is 15.4 Å². The molecule has 0 bridgehead atoms. The zero-order chi connectivity index (χ0) is 24.7. The zero-order valence-electron chi connectivity index (χ0n) is 20.1. The molecular weight excluding hydrogens is 456 g/mol. The van der Waals surface area contributed by atoms with Crippen LogP contribution in [-0.2, 0) is 4.74 Å². The number of nitrogens with zero attached hydrogens (tertiary/aromatic N) is 6. The molecular formula is C26H24N8O2. The van der Waals surface area contributed by atoms with E-state index in [1.54, 1.807) is 10.8 Å². The molecule has 0 radical (unpaired) electrons. The number of ether oxygens (including phenoxy) is 2. The maximum Gasteiger partial charge on any atom is 0.341 e. The summed E-state index contributed by atoms with van der Waals surface area (Å²) < 4.78 is 13.3. The highest BCUT2D eigenvalue weighted by Crippen LogP contribution is 2.30. The van der Waals surface area contributed by atoms with E-state index in [1.165, 1.54) is 0 Å². The molecule has 2 N–H and O–H groups in total. The van der Waals surface area contributed by atoms with Crippen LogP contribution in [0.25, 0.3) is 16.6 Å². The molecule has 0 atom stereocenters. The minimum atomic E-state index is -0.232. The van der Waals surface area contributed by atoms with E-state index in [2.05, 4.69) is 35.7 Å². The van der Waals surface area contributed by atoms with Crippen LogP contribution in [0.4, 0.5) is 17.2 Å². The molecule has 0 fully saturated rings. The summed E-state index contributed by atoms with van der Waals surface area (Å²) in [7, 11) is 0. The van der Waals surface area contributed by atoms with Crippen LogP contribution in [0, 0.1) is 6.92 Å². The number of anilines is 3. The van der Waals surface area contributed by atoms with E-state index < -0.39 is 0 Å². The Bertz CT molecular complexity index is 1590. The number of benzene rings is 2. The topological polar surface area (TPSA) is 111 Å². The first kappa shape index (κ1) is 21.8. The lowest BCUT2D eigenvalue weighted by molar-refractivity contribution is 0.278. The van der Waals surface area contributed by atoms with Crippen molar-refractivity contribution in [2.75, 3.05) is 17.2 Å². The predicted molar refractivity (Wildman–Crippen MR) is 138 cm³/mol. The summed E-state index contributed by atoms with van der Waals surface area (Å²) in [5, 5.41) is 11.9. The maximum atomic E-state index is 5.94. The molecule has 5 aromatic rings. The van der Waals surface area contributed by atoms with Crippen LogP contribution in [0.1, 0.15) is 19.4 Å². The number of aliphatic imine (C=N–C) groups is 1. The van der Waals surface area contributed by atoms with Gasteiger partial charge in [0, 0.05) is 23.0 Å². The average Bonchev–Trinajstić information content (AvgIpc) is 3.42. The molecule has 1 aliphatic rings. The molecule has 6 rings (SSSR count). The summed E-state index contributed by atoms with van der Waals surface area (Å²) in [6, 6.07) is 18.2. The van der Waals surface area contributed by atoms with Crippen LogP contribution in [0.15, 0.2) is 72.1 Å². The van der Waals surface area contributed by atoms with Gasteiger partial charge in [-0.3, -0.25) is 0 Å². The van der Waals surface area contributed by atoms with Gasteiger partial charge < -0.3 is 20.1 Å². The highest BCUT2D eigenvalue weighted by molar-refractivity contribution is 5.97. The second-order valence-corrected chi connectivity index (χ2v) is 9.20. The van der Waals surface area contributed by atoms with Crippen LogP contribution in [0.2, 0.25) is 0 Å². The second-order valence-electron chi connectivity index (χ2n) is 9.20. The number of amidine groups is 1. The van der Waals surface area contributed by atoms with Crippen molar-refractivity contribution < 1.29 is 9.47 Å². The lowest BCUT2D eigenvalue weighted by atomic mass is 10.1. The van der Waals surface area contributed by atoms with E-state index >= 15 is 0 Å². The van der Waals surface area contributed by atoms with E-state index in [-0.39, 0.29) is 5.54 Å². The Morgan fingerprint density at radius 3 is 2.67 bits per heavy atom. The number of aryl methyl sites for hydroxylation is 1. The molecule has 36 heavy (non-hydrogen) atoms. The number of hydrogen-bond acceptors (Lipinski definition) is 9. The minimum absolute atomic E-state index is 0.232. The van der Waals surface area contributed by atoms with Gasteiger partial charge in [0.25, 0.3) is 6.02 Å². The molecule has 0 saturated heterocycles. The number of aromatic nitrogens is 5. The van der Waals surface area contributed by atoms with Crippen molar-refractivity contribution >= 4 is 39.8 Å². The van der Waals surface area contributed by atoms with Crippen LogP contribution >= 0.6 is 0 Å². The molecule has 3 aromatic heterocycles. The Hall–Kier alpha value is -4.73. The quantitative estimate of drug-likeness (QED) is 0.358. The van der Waals surface area contributed by atoms with Gasteiger partial charge in [0.05, 0.1) is 11.1 Å². The van der Waals surface area contributed by atoms with Gasteiger partial charge in [0.2, 0.25) is 0 Å². The third-order valence-corrected chi connectivity index (χ3v) is 5.71. The zero-order valence-corrected chi connectivity index (χ0v) is 20.1. The van der Waals surface area contributed by atoms with Gasteiger partial charge in [-0.15, -0.1) is 5.10 Å².